The van der Waals surface area contributed by atoms with Crippen LogP contribution in [-0.4, -0.2) is 25.3 Å². The highest BCUT2D eigenvalue weighted by molar-refractivity contribution is 5.74. The Hall–Kier alpha value is -1.59. The van der Waals surface area contributed by atoms with Crippen molar-refractivity contribution in [2.45, 2.75) is 45.6 Å². The van der Waals surface area contributed by atoms with Gasteiger partial charge in [0, 0.05) is 13.5 Å². The van der Waals surface area contributed by atoms with E-state index in [0.717, 1.165) is 30.6 Å². The third kappa shape index (κ3) is 5.31. The average molecular weight is 309 g/mol. The molecule has 22 heavy (non-hydrogen) atoms. The monoisotopic (exact) mass is 309 g/mol. The van der Waals surface area contributed by atoms with Crippen molar-refractivity contribution in [2.75, 3.05) is 14.2 Å². The van der Waals surface area contributed by atoms with Gasteiger partial charge in [-0.2, -0.15) is 0 Å². The number of hydrogen-bond donors (Lipinski definition) is 2. The van der Waals surface area contributed by atoms with Gasteiger partial charge in [-0.25, -0.2) is 5.48 Å². The number of amides is 1. The molecule has 0 saturated heterocycles. The summed E-state index contributed by atoms with van der Waals surface area (Å²) in [4.78, 5) is 11.0. The Balaban J connectivity index is 2.63. The SMILES string of the molecule is COc1ccc(C(OC)C(C)(C)CCCCC(=O)NO)cc1. The summed E-state index contributed by atoms with van der Waals surface area (Å²) in [6, 6.07) is 7.91. The van der Waals surface area contributed by atoms with Crippen molar-refractivity contribution < 1.29 is 19.5 Å². The summed E-state index contributed by atoms with van der Waals surface area (Å²) in [6.45, 7) is 4.33. The highest BCUT2D eigenvalue weighted by atomic mass is 16.5. The number of nitrogens with one attached hydrogen (secondary N) is 1. The number of benzene rings is 1. The molecule has 0 bridgehead atoms. The Morgan fingerprint density at radius 1 is 1.23 bits per heavy atom. The molecule has 0 spiro atoms. The van der Waals surface area contributed by atoms with Gasteiger partial charge in [-0.1, -0.05) is 32.4 Å². The lowest BCUT2D eigenvalue weighted by molar-refractivity contribution is -0.129. The molecular formula is C17H27NO4. The average Bonchev–Trinajstić information content (AvgIpc) is 2.52. The molecule has 1 rings (SSSR count). The zero-order valence-electron chi connectivity index (χ0n) is 13.9. The lowest BCUT2D eigenvalue weighted by atomic mass is 9.78. The number of ether oxygens (including phenoxy) is 2. The van der Waals surface area contributed by atoms with Gasteiger partial charge in [0.05, 0.1) is 13.2 Å². The van der Waals surface area contributed by atoms with Gasteiger partial charge in [0.2, 0.25) is 5.91 Å². The van der Waals surface area contributed by atoms with Crippen LogP contribution in [0.1, 0.15) is 51.2 Å². The molecule has 0 aliphatic carbocycles. The van der Waals surface area contributed by atoms with E-state index in [1.165, 1.54) is 0 Å². The number of unbranched alkanes of at least 4 members (excludes halogenated alkanes) is 1. The predicted molar refractivity (Wildman–Crippen MR) is 84.9 cm³/mol. The Kier molecular flexibility index (Phi) is 7.35. The molecular weight excluding hydrogens is 282 g/mol. The first-order chi connectivity index (χ1) is 10.4. The van der Waals surface area contributed by atoms with E-state index >= 15 is 0 Å². The highest BCUT2D eigenvalue weighted by Crippen LogP contribution is 2.40. The number of methoxy groups -OCH3 is 2. The minimum absolute atomic E-state index is 0.0231. The van der Waals surface area contributed by atoms with Crippen molar-refractivity contribution in [3.63, 3.8) is 0 Å². The molecule has 1 aromatic rings. The molecule has 0 fully saturated rings. The molecule has 0 aliphatic heterocycles. The fraction of sp³-hybridized carbons (Fsp3) is 0.588. The first kappa shape index (κ1) is 18.5. The molecule has 1 unspecified atom stereocenters. The number of carbonyl (C=O) groups is 1. The molecule has 2 N–H and O–H groups in total. The van der Waals surface area contributed by atoms with Crippen molar-refractivity contribution in [1.29, 1.82) is 0 Å². The van der Waals surface area contributed by atoms with Crippen LogP contribution in [0.2, 0.25) is 0 Å². The Morgan fingerprint density at radius 2 is 1.86 bits per heavy atom. The van der Waals surface area contributed by atoms with Crippen LogP contribution in [0.3, 0.4) is 0 Å². The van der Waals surface area contributed by atoms with E-state index in [1.54, 1.807) is 19.7 Å². The van der Waals surface area contributed by atoms with Crippen LogP contribution in [-0.2, 0) is 9.53 Å². The highest BCUT2D eigenvalue weighted by Gasteiger charge is 2.30. The molecule has 0 aliphatic rings. The van der Waals surface area contributed by atoms with Crippen molar-refractivity contribution in [3.8, 4) is 5.75 Å². The van der Waals surface area contributed by atoms with E-state index in [-0.39, 0.29) is 17.4 Å². The molecule has 1 aromatic carbocycles. The van der Waals surface area contributed by atoms with Gasteiger partial charge in [-0.3, -0.25) is 10.0 Å². The lowest BCUT2D eigenvalue weighted by Crippen LogP contribution is -2.24. The second-order valence-electron chi connectivity index (χ2n) is 6.12. The Morgan fingerprint density at radius 3 is 2.36 bits per heavy atom. The van der Waals surface area contributed by atoms with E-state index in [9.17, 15) is 4.79 Å². The van der Waals surface area contributed by atoms with Gasteiger partial charge >= 0.3 is 0 Å². The largest absolute Gasteiger partial charge is 0.497 e. The summed E-state index contributed by atoms with van der Waals surface area (Å²) in [5.74, 6) is 0.489. The predicted octanol–water partition coefficient (Wildman–Crippen LogP) is 3.47. The molecule has 5 nitrogen and oxygen atoms in total. The summed E-state index contributed by atoms with van der Waals surface area (Å²) in [7, 11) is 3.37. The lowest BCUT2D eigenvalue weighted by Gasteiger charge is -2.34. The fourth-order valence-electron chi connectivity index (χ4n) is 2.74. The number of hydroxylamine groups is 1. The van der Waals surface area contributed by atoms with Gasteiger partial charge in [0.1, 0.15) is 5.75 Å². The molecule has 0 aromatic heterocycles. The van der Waals surface area contributed by atoms with Gasteiger partial charge in [-0.15, -0.1) is 0 Å². The molecule has 0 heterocycles. The minimum atomic E-state index is -0.337. The van der Waals surface area contributed by atoms with Crippen LogP contribution in [0.25, 0.3) is 0 Å². The van der Waals surface area contributed by atoms with Crippen molar-refractivity contribution in [3.05, 3.63) is 29.8 Å². The van der Waals surface area contributed by atoms with Crippen molar-refractivity contribution >= 4 is 5.91 Å². The van der Waals surface area contributed by atoms with E-state index in [1.807, 2.05) is 24.3 Å². The van der Waals surface area contributed by atoms with Crippen molar-refractivity contribution in [1.82, 2.24) is 5.48 Å². The van der Waals surface area contributed by atoms with Gasteiger partial charge in [0.25, 0.3) is 0 Å². The van der Waals surface area contributed by atoms with Crippen LogP contribution in [0.4, 0.5) is 0 Å². The zero-order chi connectivity index (χ0) is 16.6. The van der Waals surface area contributed by atoms with E-state index in [2.05, 4.69) is 13.8 Å². The van der Waals surface area contributed by atoms with Crippen molar-refractivity contribution in [2.24, 2.45) is 5.41 Å². The molecule has 1 amide bonds. The summed E-state index contributed by atoms with van der Waals surface area (Å²) >= 11 is 0. The topological polar surface area (TPSA) is 67.8 Å². The van der Waals surface area contributed by atoms with Gasteiger partial charge < -0.3 is 9.47 Å². The molecule has 0 saturated carbocycles. The third-order valence-corrected chi connectivity index (χ3v) is 3.96. The van der Waals surface area contributed by atoms with Gasteiger partial charge in [-0.05, 0) is 36.0 Å². The second-order valence-corrected chi connectivity index (χ2v) is 6.12. The smallest absolute Gasteiger partial charge is 0.243 e. The summed E-state index contributed by atoms with van der Waals surface area (Å²) in [6.07, 6.45) is 2.89. The zero-order valence-corrected chi connectivity index (χ0v) is 13.9. The number of carbonyl (C=O) groups excluding carboxylic acids is 1. The normalized spacial score (nSPS) is 12.8. The maximum absolute atomic E-state index is 11.0. The minimum Gasteiger partial charge on any atom is -0.497 e. The maximum Gasteiger partial charge on any atom is 0.243 e. The van der Waals surface area contributed by atoms with Crippen LogP contribution in [0.15, 0.2) is 24.3 Å². The third-order valence-electron chi connectivity index (χ3n) is 3.96. The van der Waals surface area contributed by atoms with Crippen LogP contribution in [0.5, 0.6) is 5.75 Å². The van der Waals surface area contributed by atoms with E-state index < -0.39 is 0 Å². The standard InChI is InChI=1S/C17H27NO4/c1-17(2,12-6-5-7-15(19)18-20)16(22-4)13-8-10-14(21-3)11-9-13/h8-11,16,20H,5-7,12H2,1-4H3,(H,18,19). The fourth-order valence-corrected chi connectivity index (χ4v) is 2.74. The Labute approximate surface area is 132 Å². The first-order valence-electron chi connectivity index (χ1n) is 7.54. The molecule has 1 atom stereocenters. The number of rotatable bonds is 9. The van der Waals surface area contributed by atoms with Crippen LogP contribution in [0, 0.1) is 5.41 Å². The summed E-state index contributed by atoms with van der Waals surface area (Å²) in [5, 5.41) is 8.48. The first-order valence-corrected chi connectivity index (χ1v) is 7.54. The second kappa shape index (κ2) is 8.76. The van der Waals surface area contributed by atoms with E-state index in [4.69, 9.17) is 14.7 Å². The molecule has 5 heteroatoms. The van der Waals surface area contributed by atoms with Crippen LogP contribution < -0.4 is 10.2 Å². The van der Waals surface area contributed by atoms with Crippen LogP contribution >= 0.6 is 0 Å². The summed E-state index contributed by atoms with van der Waals surface area (Å²) < 4.78 is 10.9. The maximum atomic E-state index is 11.0. The van der Waals surface area contributed by atoms with Gasteiger partial charge in [0.15, 0.2) is 0 Å². The quantitative estimate of drug-likeness (QED) is 0.416. The number of hydrogen-bond acceptors (Lipinski definition) is 4. The molecule has 124 valence electrons. The van der Waals surface area contributed by atoms with E-state index in [0.29, 0.717) is 6.42 Å². The Bertz CT molecular complexity index is 456. The molecule has 0 radical (unpaired) electrons. The summed E-state index contributed by atoms with van der Waals surface area (Å²) in [5.41, 5.74) is 2.71.